The number of hydrogen-bond donors (Lipinski definition) is 1. The van der Waals surface area contributed by atoms with Crippen molar-refractivity contribution in [2.24, 2.45) is 17.6 Å². The summed E-state index contributed by atoms with van der Waals surface area (Å²) in [5.74, 6) is 0.926. The highest BCUT2D eigenvalue weighted by Gasteiger charge is 2.22. The molecule has 3 nitrogen and oxygen atoms in total. The molecule has 1 amide bonds. The van der Waals surface area contributed by atoms with Gasteiger partial charge in [-0.15, -0.1) is 0 Å². The molecule has 0 saturated carbocycles. The molecule has 118 valence electrons. The fourth-order valence-electron chi connectivity index (χ4n) is 2.56. The van der Waals surface area contributed by atoms with Gasteiger partial charge in [0.2, 0.25) is 5.91 Å². The van der Waals surface area contributed by atoms with Crippen molar-refractivity contribution in [2.45, 2.75) is 39.7 Å². The Morgan fingerprint density at radius 1 is 1.29 bits per heavy atom. The van der Waals surface area contributed by atoms with E-state index >= 15 is 0 Å². The van der Waals surface area contributed by atoms with E-state index in [9.17, 15) is 4.79 Å². The fourth-order valence-corrected chi connectivity index (χ4v) is 2.85. The predicted molar refractivity (Wildman–Crippen MR) is 89.3 cm³/mol. The fraction of sp³-hybridized carbons (Fsp3) is 0.588. The lowest BCUT2D eigenvalue weighted by Crippen LogP contribution is -2.33. The maximum atomic E-state index is 12.4. The molecule has 0 aliphatic carbocycles. The number of carbonyl (C=O) groups excluding carboxylic acids is 1. The van der Waals surface area contributed by atoms with Crippen LogP contribution in [0.2, 0.25) is 5.02 Å². The zero-order valence-electron chi connectivity index (χ0n) is 13.5. The largest absolute Gasteiger partial charge is 0.339 e. The summed E-state index contributed by atoms with van der Waals surface area (Å²) in [7, 11) is 1.83. The minimum Gasteiger partial charge on any atom is -0.339 e. The number of halogens is 1. The monoisotopic (exact) mass is 310 g/mol. The first-order valence-electron chi connectivity index (χ1n) is 7.56. The summed E-state index contributed by atoms with van der Waals surface area (Å²) < 4.78 is 0. The Kier molecular flexibility index (Phi) is 7.20. The molecule has 4 heteroatoms. The average molecular weight is 311 g/mol. The van der Waals surface area contributed by atoms with Gasteiger partial charge in [0, 0.05) is 18.5 Å². The van der Waals surface area contributed by atoms with Crippen molar-refractivity contribution >= 4 is 17.5 Å². The summed E-state index contributed by atoms with van der Waals surface area (Å²) in [5.41, 5.74) is 6.76. The SMILES string of the molecule is CC(C)C[C@H](CN)CC(=O)N(C)C(C)c1ccccc1Cl. The van der Waals surface area contributed by atoms with Crippen molar-refractivity contribution in [3.8, 4) is 0 Å². The first-order valence-corrected chi connectivity index (χ1v) is 7.94. The lowest BCUT2D eigenvalue weighted by atomic mass is 9.93. The topological polar surface area (TPSA) is 46.3 Å². The van der Waals surface area contributed by atoms with E-state index in [2.05, 4.69) is 13.8 Å². The van der Waals surface area contributed by atoms with Crippen LogP contribution in [0.15, 0.2) is 24.3 Å². The second-order valence-electron chi connectivity index (χ2n) is 6.14. The maximum absolute atomic E-state index is 12.4. The maximum Gasteiger partial charge on any atom is 0.223 e. The molecule has 21 heavy (non-hydrogen) atoms. The third kappa shape index (κ3) is 5.33. The van der Waals surface area contributed by atoms with Crippen molar-refractivity contribution in [2.75, 3.05) is 13.6 Å². The van der Waals surface area contributed by atoms with E-state index in [0.717, 1.165) is 12.0 Å². The van der Waals surface area contributed by atoms with Crippen molar-refractivity contribution in [1.82, 2.24) is 4.90 Å². The molecule has 1 aromatic rings. The van der Waals surface area contributed by atoms with E-state index in [1.165, 1.54) is 0 Å². The molecule has 0 aliphatic rings. The minimum absolute atomic E-state index is 0.0383. The summed E-state index contributed by atoms with van der Waals surface area (Å²) in [6.07, 6.45) is 1.48. The Bertz CT molecular complexity index is 462. The van der Waals surface area contributed by atoms with E-state index in [4.69, 9.17) is 17.3 Å². The predicted octanol–water partition coefficient (Wildman–Crippen LogP) is 3.87. The second kappa shape index (κ2) is 8.40. The third-order valence-corrected chi connectivity index (χ3v) is 4.28. The third-order valence-electron chi connectivity index (χ3n) is 3.93. The number of rotatable bonds is 7. The number of nitrogens with zero attached hydrogens (tertiary/aromatic N) is 1. The number of nitrogens with two attached hydrogens (primary N) is 1. The molecule has 2 atom stereocenters. The highest BCUT2D eigenvalue weighted by molar-refractivity contribution is 6.31. The zero-order valence-corrected chi connectivity index (χ0v) is 14.2. The van der Waals surface area contributed by atoms with Crippen molar-refractivity contribution in [3.63, 3.8) is 0 Å². The Labute approximate surface area is 133 Å². The van der Waals surface area contributed by atoms with Gasteiger partial charge in [-0.2, -0.15) is 0 Å². The van der Waals surface area contributed by atoms with Gasteiger partial charge in [-0.05, 0) is 43.4 Å². The first-order chi connectivity index (χ1) is 9.86. The number of carbonyl (C=O) groups is 1. The summed E-state index contributed by atoms with van der Waals surface area (Å²) in [6.45, 7) is 6.86. The molecule has 0 heterocycles. The molecular formula is C17H27ClN2O. The Morgan fingerprint density at radius 3 is 2.43 bits per heavy atom. The Balaban J connectivity index is 2.71. The normalized spacial score (nSPS) is 14.0. The summed E-state index contributed by atoms with van der Waals surface area (Å²) in [4.78, 5) is 14.2. The van der Waals surface area contributed by atoms with Gasteiger partial charge in [0.15, 0.2) is 0 Å². The molecule has 0 fully saturated rings. The van der Waals surface area contributed by atoms with Gasteiger partial charge in [-0.3, -0.25) is 4.79 Å². The number of benzene rings is 1. The van der Waals surface area contributed by atoms with Crippen LogP contribution in [-0.2, 0) is 4.79 Å². The van der Waals surface area contributed by atoms with E-state index in [-0.39, 0.29) is 17.9 Å². The summed E-state index contributed by atoms with van der Waals surface area (Å²) >= 11 is 6.21. The molecule has 0 radical (unpaired) electrons. The van der Waals surface area contributed by atoms with Crippen molar-refractivity contribution in [3.05, 3.63) is 34.9 Å². The lowest BCUT2D eigenvalue weighted by molar-refractivity contribution is -0.132. The van der Waals surface area contributed by atoms with Gasteiger partial charge >= 0.3 is 0 Å². The summed E-state index contributed by atoms with van der Waals surface area (Å²) in [5, 5.41) is 0.696. The standard InChI is InChI=1S/C17H27ClN2O/c1-12(2)9-14(11-19)10-17(21)20(4)13(3)15-7-5-6-8-16(15)18/h5-8,12-14H,9-11,19H2,1-4H3/t13?,14-/m0/s1. The highest BCUT2D eigenvalue weighted by Crippen LogP contribution is 2.27. The van der Waals surface area contributed by atoms with Crippen LogP contribution in [-0.4, -0.2) is 24.4 Å². The van der Waals surface area contributed by atoms with Gasteiger partial charge in [0.05, 0.1) is 6.04 Å². The van der Waals surface area contributed by atoms with Crippen molar-refractivity contribution in [1.29, 1.82) is 0 Å². The molecule has 0 bridgehead atoms. The van der Waals surface area contributed by atoms with Crippen LogP contribution in [0.25, 0.3) is 0 Å². The zero-order chi connectivity index (χ0) is 16.0. The van der Waals surface area contributed by atoms with Gasteiger partial charge in [0.1, 0.15) is 0 Å². The van der Waals surface area contributed by atoms with Gasteiger partial charge < -0.3 is 10.6 Å². The Morgan fingerprint density at radius 2 is 1.90 bits per heavy atom. The molecule has 1 unspecified atom stereocenters. The molecule has 1 rings (SSSR count). The van der Waals surface area contributed by atoms with Crippen LogP contribution in [0.4, 0.5) is 0 Å². The molecule has 2 N–H and O–H groups in total. The van der Waals surface area contributed by atoms with Crippen LogP contribution in [0.1, 0.15) is 45.2 Å². The van der Waals surface area contributed by atoms with Crippen LogP contribution in [0.3, 0.4) is 0 Å². The average Bonchev–Trinajstić information content (AvgIpc) is 2.44. The molecule has 0 spiro atoms. The molecule has 1 aromatic carbocycles. The van der Waals surface area contributed by atoms with E-state index < -0.39 is 0 Å². The van der Waals surface area contributed by atoms with Crippen LogP contribution < -0.4 is 5.73 Å². The molecular weight excluding hydrogens is 284 g/mol. The van der Waals surface area contributed by atoms with E-state index in [1.807, 2.05) is 38.2 Å². The quantitative estimate of drug-likeness (QED) is 0.831. The van der Waals surface area contributed by atoms with Gasteiger partial charge in [-0.1, -0.05) is 43.6 Å². The Hall–Kier alpha value is -1.06. The minimum atomic E-state index is -0.0383. The van der Waals surface area contributed by atoms with Gasteiger partial charge in [-0.25, -0.2) is 0 Å². The molecule has 0 aromatic heterocycles. The molecule has 0 saturated heterocycles. The van der Waals surface area contributed by atoms with Crippen molar-refractivity contribution < 1.29 is 4.79 Å². The second-order valence-corrected chi connectivity index (χ2v) is 6.54. The summed E-state index contributed by atoms with van der Waals surface area (Å²) in [6, 6.07) is 7.62. The highest BCUT2D eigenvalue weighted by atomic mass is 35.5. The van der Waals surface area contributed by atoms with Crippen LogP contribution in [0, 0.1) is 11.8 Å². The lowest BCUT2D eigenvalue weighted by Gasteiger charge is -2.28. The van der Waals surface area contributed by atoms with Gasteiger partial charge in [0.25, 0.3) is 0 Å². The van der Waals surface area contributed by atoms with E-state index in [1.54, 1.807) is 4.90 Å². The molecule has 0 aliphatic heterocycles. The van der Waals surface area contributed by atoms with Crippen LogP contribution in [0.5, 0.6) is 0 Å². The first kappa shape index (κ1) is 18.0. The smallest absolute Gasteiger partial charge is 0.223 e. The number of amides is 1. The van der Waals surface area contributed by atoms with Crippen LogP contribution >= 0.6 is 11.6 Å². The number of hydrogen-bond acceptors (Lipinski definition) is 2. The van der Waals surface area contributed by atoms with E-state index in [0.29, 0.717) is 23.9 Å².